The van der Waals surface area contributed by atoms with Crippen molar-refractivity contribution in [3.63, 3.8) is 0 Å². The summed E-state index contributed by atoms with van der Waals surface area (Å²) in [5, 5.41) is 11.8. The lowest BCUT2D eigenvalue weighted by Gasteiger charge is -2.51. The minimum Gasteiger partial charge on any atom is -0.445 e. The Bertz CT molecular complexity index is 899. The largest absolute Gasteiger partial charge is 0.445 e. The van der Waals surface area contributed by atoms with Gasteiger partial charge in [-0.1, -0.05) is 54.6 Å². The number of nitrogens with zero attached hydrogens (tertiary/aromatic N) is 1. The maximum atomic E-state index is 12.9. The van der Waals surface area contributed by atoms with Crippen LogP contribution >= 0.6 is 0 Å². The van der Waals surface area contributed by atoms with Crippen LogP contribution in [0.25, 0.3) is 0 Å². The number of ether oxygens (including phenoxy) is 4. The zero-order valence-corrected chi connectivity index (χ0v) is 17.3. The molecule has 3 saturated heterocycles. The standard InChI is InChI=1S/C24H27NO6/c26-23(31-14-17-6-2-1-3-7-17)25-18-12-24(27,13-19(25)16-28-15-18)21-9-5-4-8-20(21)22-29-10-11-30-22/h1-9,18-19,22,27H,10-16H2. The summed E-state index contributed by atoms with van der Waals surface area (Å²) in [4.78, 5) is 14.7. The monoisotopic (exact) mass is 425 g/mol. The Morgan fingerprint density at radius 3 is 2.35 bits per heavy atom. The zero-order chi connectivity index (χ0) is 21.3. The number of aliphatic hydroxyl groups is 1. The third kappa shape index (κ3) is 4.06. The molecule has 31 heavy (non-hydrogen) atoms. The second kappa shape index (κ2) is 8.59. The van der Waals surface area contributed by atoms with Crippen LogP contribution in [0.4, 0.5) is 4.79 Å². The molecule has 0 spiro atoms. The molecule has 2 atom stereocenters. The highest BCUT2D eigenvalue weighted by atomic mass is 16.7. The third-order valence-corrected chi connectivity index (χ3v) is 6.31. The van der Waals surface area contributed by atoms with Crippen molar-refractivity contribution in [3.05, 3.63) is 71.3 Å². The maximum absolute atomic E-state index is 12.9. The van der Waals surface area contributed by atoms with Crippen molar-refractivity contribution in [2.24, 2.45) is 0 Å². The number of piperidine rings is 1. The van der Waals surface area contributed by atoms with Crippen molar-refractivity contribution in [2.75, 3.05) is 26.4 Å². The molecule has 3 aliphatic rings. The van der Waals surface area contributed by atoms with E-state index in [1.807, 2.05) is 54.6 Å². The van der Waals surface area contributed by atoms with Crippen molar-refractivity contribution in [2.45, 2.75) is 43.4 Å². The van der Waals surface area contributed by atoms with Crippen LogP contribution in [0.1, 0.15) is 35.8 Å². The molecule has 2 aromatic rings. The molecule has 0 radical (unpaired) electrons. The summed E-state index contributed by atoms with van der Waals surface area (Å²) in [6.45, 7) is 2.05. The lowest BCUT2D eigenvalue weighted by Crippen LogP contribution is -2.62. The van der Waals surface area contributed by atoms with E-state index in [1.54, 1.807) is 4.90 Å². The summed E-state index contributed by atoms with van der Waals surface area (Å²) in [7, 11) is 0. The summed E-state index contributed by atoms with van der Waals surface area (Å²) < 4.78 is 22.7. The SMILES string of the molecule is O=C(OCc1ccccc1)N1C2COCC1CC(O)(c1ccccc1C1OCCO1)C2. The smallest absolute Gasteiger partial charge is 0.410 e. The first kappa shape index (κ1) is 20.5. The van der Waals surface area contributed by atoms with Crippen molar-refractivity contribution in [1.29, 1.82) is 0 Å². The predicted octanol–water partition coefficient (Wildman–Crippen LogP) is 3.12. The van der Waals surface area contributed by atoms with E-state index in [9.17, 15) is 9.90 Å². The van der Waals surface area contributed by atoms with Crippen LogP contribution in [0.15, 0.2) is 54.6 Å². The average Bonchev–Trinajstić information content (AvgIpc) is 3.32. The zero-order valence-electron chi connectivity index (χ0n) is 17.3. The highest BCUT2D eigenvalue weighted by molar-refractivity contribution is 5.69. The normalized spacial score (nSPS) is 28.5. The molecule has 5 rings (SSSR count). The molecule has 1 N–H and O–H groups in total. The van der Waals surface area contributed by atoms with Gasteiger partial charge in [0.1, 0.15) is 6.61 Å². The molecule has 2 bridgehead atoms. The molecule has 164 valence electrons. The van der Waals surface area contributed by atoms with Gasteiger partial charge < -0.3 is 24.1 Å². The fourth-order valence-corrected chi connectivity index (χ4v) is 4.95. The molecule has 3 heterocycles. The molecule has 7 nitrogen and oxygen atoms in total. The van der Waals surface area contributed by atoms with Gasteiger partial charge in [0.05, 0.1) is 44.1 Å². The highest BCUT2D eigenvalue weighted by Gasteiger charge is 2.50. The maximum Gasteiger partial charge on any atom is 0.410 e. The molecule has 1 amide bonds. The highest BCUT2D eigenvalue weighted by Crippen LogP contribution is 2.44. The fraction of sp³-hybridized carbons (Fsp3) is 0.458. The van der Waals surface area contributed by atoms with Gasteiger partial charge in [-0.25, -0.2) is 4.79 Å². The van der Waals surface area contributed by atoms with Crippen LogP contribution < -0.4 is 0 Å². The Labute approximate surface area is 181 Å². The molecule has 2 aromatic carbocycles. The fourth-order valence-electron chi connectivity index (χ4n) is 4.95. The summed E-state index contributed by atoms with van der Waals surface area (Å²) in [6.07, 6.45) is -0.0911. The number of amides is 1. The van der Waals surface area contributed by atoms with E-state index in [0.29, 0.717) is 39.3 Å². The van der Waals surface area contributed by atoms with E-state index in [1.165, 1.54) is 0 Å². The van der Waals surface area contributed by atoms with Crippen molar-refractivity contribution in [3.8, 4) is 0 Å². The van der Waals surface area contributed by atoms with Crippen molar-refractivity contribution >= 4 is 6.09 Å². The van der Waals surface area contributed by atoms with E-state index >= 15 is 0 Å². The van der Waals surface area contributed by atoms with E-state index in [2.05, 4.69) is 0 Å². The third-order valence-electron chi connectivity index (χ3n) is 6.31. The van der Waals surface area contributed by atoms with Gasteiger partial charge in [0.25, 0.3) is 0 Å². The van der Waals surface area contributed by atoms with Gasteiger partial charge >= 0.3 is 6.09 Å². The molecule has 7 heteroatoms. The van der Waals surface area contributed by atoms with E-state index < -0.39 is 11.9 Å². The van der Waals surface area contributed by atoms with Gasteiger partial charge in [0.15, 0.2) is 6.29 Å². The van der Waals surface area contributed by atoms with Crippen LogP contribution in [0.3, 0.4) is 0 Å². The van der Waals surface area contributed by atoms with Gasteiger partial charge in [0.2, 0.25) is 0 Å². The quantitative estimate of drug-likeness (QED) is 0.811. The van der Waals surface area contributed by atoms with Gasteiger partial charge in [0, 0.05) is 18.4 Å². The Morgan fingerprint density at radius 2 is 1.65 bits per heavy atom. The Kier molecular flexibility index (Phi) is 5.67. The van der Waals surface area contributed by atoms with Gasteiger partial charge in [-0.05, 0) is 11.1 Å². The number of hydrogen-bond donors (Lipinski definition) is 1. The van der Waals surface area contributed by atoms with Gasteiger partial charge in [-0.3, -0.25) is 4.90 Å². The molecule has 0 aliphatic carbocycles. The number of carbonyl (C=O) groups excluding carboxylic acids is 1. The van der Waals surface area contributed by atoms with E-state index in [0.717, 1.165) is 16.7 Å². The molecule has 3 aliphatic heterocycles. The first-order valence-corrected chi connectivity index (χ1v) is 10.8. The van der Waals surface area contributed by atoms with E-state index in [-0.39, 0.29) is 24.8 Å². The Morgan fingerprint density at radius 1 is 1.00 bits per heavy atom. The number of morpholine rings is 1. The van der Waals surface area contributed by atoms with Crippen LogP contribution in [-0.4, -0.2) is 54.6 Å². The second-order valence-electron chi connectivity index (χ2n) is 8.39. The topological polar surface area (TPSA) is 77.5 Å². The average molecular weight is 425 g/mol. The molecular formula is C24H27NO6. The van der Waals surface area contributed by atoms with Crippen molar-refractivity contribution in [1.82, 2.24) is 4.90 Å². The Hall–Kier alpha value is -2.45. The minimum atomic E-state index is -1.10. The number of benzene rings is 2. The number of hydrogen-bond acceptors (Lipinski definition) is 6. The minimum absolute atomic E-state index is 0.222. The van der Waals surface area contributed by atoms with Crippen LogP contribution in [0.5, 0.6) is 0 Å². The first-order chi connectivity index (χ1) is 15.1. The summed E-state index contributed by atoms with van der Waals surface area (Å²) >= 11 is 0. The van der Waals surface area contributed by atoms with Crippen molar-refractivity contribution < 1.29 is 28.8 Å². The Balaban J connectivity index is 1.35. The lowest BCUT2D eigenvalue weighted by molar-refractivity contribution is -0.138. The van der Waals surface area contributed by atoms with Gasteiger partial charge in [-0.2, -0.15) is 0 Å². The van der Waals surface area contributed by atoms with Crippen LogP contribution in [0, 0.1) is 0 Å². The van der Waals surface area contributed by atoms with Crippen LogP contribution in [0.2, 0.25) is 0 Å². The van der Waals surface area contributed by atoms with Crippen LogP contribution in [-0.2, 0) is 31.2 Å². The summed E-state index contributed by atoms with van der Waals surface area (Å²) in [5.74, 6) is 0. The van der Waals surface area contributed by atoms with Gasteiger partial charge in [-0.15, -0.1) is 0 Å². The summed E-state index contributed by atoms with van der Waals surface area (Å²) in [5.41, 5.74) is 1.50. The predicted molar refractivity (Wildman–Crippen MR) is 111 cm³/mol. The lowest BCUT2D eigenvalue weighted by atomic mass is 9.75. The number of carbonyl (C=O) groups is 1. The summed E-state index contributed by atoms with van der Waals surface area (Å²) in [6, 6.07) is 16.8. The second-order valence-corrected chi connectivity index (χ2v) is 8.39. The molecule has 3 fully saturated rings. The molecule has 0 aromatic heterocycles. The molecule has 0 saturated carbocycles. The number of fused-ring (bicyclic) bond motifs is 2. The molecular weight excluding hydrogens is 398 g/mol. The van der Waals surface area contributed by atoms with E-state index in [4.69, 9.17) is 18.9 Å². The first-order valence-electron chi connectivity index (χ1n) is 10.8. The number of rotatable bonds is 4. The molecule has 2 unspecified atom stereocenters.